The van der Waals surface area contributed by atoms with E-state index in [1.165, 1.54) is 82.7 Å². The summed E-state index contributed by atoms with van der Waals surface area (Å²) in [6.07, 6.45) is 0. The molecule has 4 aliphatic rings. The van der Waals surface area contributed by atoms with Crippen LogP contribution in [0.1, 0.15) is 88.9 Å². The number of benzene rings is 12. The van der Waals surface area contributed by atoms with Crippen LogP contribution in [-0.2, 0) is 21.8 Å². The van der Waals surface area contributed by atoms with Gasteiger partial charge in [-0.1, -0.05) is 275 Å². The molecule has 0 amide bonds. The second kappa shape index (κ2) is 22.6. The van der Waals surface area contributed by atoms with Crippen molar-refractivity contribution in [2.45, 2.75) is 69.1 Å². The Bertz CT molecular complexity index is 4490. The molecule has 4 heterocycles. The van der Waals surface area contributed by atoms with Crippen LogP contribution in [0.25, 0.3) is 0 Å². The van der Waals surface area contributed by atoms with E-state index in [2.05, 4.69) is 256 Å². The molecule has 424 valence electrons. The van der Waals surface area contributed by atoms with Crippen LogP contribution in [0.2, 0.25) is 10.0 Å². The van der Waals surface area contributed by atoms with E-state index in [1.54, 1.807) is 11.8 Å². The van der Waals surface area contributed by atoms with E-state index in [4.69, 9.17) is 23.2 Å². The van der Waals surface area contributed by atoms with Gasteiger partial charge in [0.25, 0.3) is 0 Å². The minimum atomic E-state index is -1.18. The van der Waals surface area contributed by atoms with Crippen LogP contribution < -0.4 is 9.80 Å². The summed E-state index contributed by atoms with van der Waals surface area (Å²) in [6.45, 7) is 9.35. The van der Waals surface area contributed by atoms with Crippen molar-refractivity contribution in [3.05, 3.63) is 368 Å². The number of para-hydroxylation sites is 5. The lowest BCUT2D eigenvalue weighted by molar-refractivity contribution is 0.118. The largest absolute Gasteiger partial charge is 0.376 e. The van der Waals surface area contributed by atoms with Gasteiger partial charge in [-0.3, -0.25) is 0 Å². The van der Waals surface area contributed by atoms with E-state index in [1.807, 2.05) is 90.6 Å². The molecule has 0 saturated heterocycles. The van der Waals surface area contributed by atoms with Gasteiger partial charge in [-0.05, 0) is 147 Å². The van der Waals surface area contributed by atoms with Crippen LogP contribution in [0, 0.1) is 0 Å². The average molecular weight is 1200 g/mol. The topological polar surface area (TPSA) is 26.7 Å². The average Bonchev–Trinajstić information content (AvgIpc) is 0.806. The second-order valence-electron chi connectivity index (χ2n) is 23.5. The molecule has 2 unspecified atom stereocenters. The second-order valence-corrected chi connectivity index (χ2v) is 26.6. The first-order chi connectivity index (χ1) is 42.4. The van der Waals surface area contributed by atoms with Crippen molar-refractivity contribution in [1.29, 1.82) is 0 Å². The molecule has 0 bridgehead atoms. The molecule has 1 N–H and O–H groups in total. The first-order valence-electron chi connectivity index (χ1n) is 29.5. The number of anilines is 6. The Hall–Kier alpha value is -8.52. The van der Waals surface area contributed by atoms with Gasteiger partial charge in [-0.15, -0.1) is 0 Å². The molecule has 0 aromatic heterocycles. The molecular weight excluding hydrogens is 1140 g/mol. The zero-order valence-corrected chi connectivity index (χ0v) is 51.8. The summed E-state index contributed by atoms with van der Waals surface area (Å²) in [5, 5.41) is 13.1. The number of aliphatic hydroxyl groups is 1. The molecule has 12 aromatic rings. The molecule has 87 heavy (non-hydrogen) atoms. The van der Waals surface area contributed by atoms with Gasteiger partial charge in [0.1, 0.15) is 5.60 Å². The molecule has 0 aliphatic carbocycles. The Morgan fingerprint density at radius 1 is 0.287 bits per heavy atom. The zero-order valence-electron chi connectivity index (χ0n) is 48.7. The smallest absolute Gasteiger partial charge is 0.142 e. The van der Waals surface area contributed by atoms with Crippen LogP contribution in [0.15, 0.2) is 317 Å². The van der Waals surface area contributed by atoms with E-state index in [9.17, 15) is 5.11 Å². The van der Waals surface area contributed by atoms with Gasteiger partial charge in [0.2, 0.25) is 0 Å². The van der Waals surface area contributed by atoms with E-state index in [-0.39, 0.29) is 10.8 Å². The third kappa shape index (κ3) is 9.51. The summed E-state index contributed by atoms with van der Waals surface area (Å²) < 4.78 is 0. The minimum Gasteiger partial charge on any atom is -0.376 e. The van der Waals surface area contributed by atoms with Crippen molar-refractivity contribution in [3.63, 3.8) is 0 Å². The fourth-order valence-corrected chi connectivity index (χ4v) is 16.5. The highest BCUT2D eigenvalue weighted by atomic mass is 35.5. The summed E-state index contributed by atoms with van der Waals surface area (Å²) >= 11 is 16.5. The molecule has 4 aliphatic heterocycles. The standard InChI is InChI=1S/C40H30ClNS.C21H19N.C19H13ClOS/c1-39(2)31-17-9-11-19-35(31)42(30-15-7-4-8-16-30)36-23-21-28(25-33(36)39)40(27-13-5-3-6-14-27)32-18-10-12-20-37(32)43-38-24-22-29(41)26-34(38)40;1-21(2)17-12-6-8-14-19(17)22(16-10-4-3-5-11-16)20-15-9-7-13-18(20)21;20-14-10-11-18-16(12-14)19(21,13-6-2-1-3-7-13)15-8-4-5-9-17(15)22-18/h3-26H,1-2H3;3-15H,1-2H3;1-12,21H. The van der Waals surface area contributed by atoms with Crippen molar-refractivity contribution in [3.8, 4) is 0 Å². The van der Waals surface area contributed by atoms with Crippen molar-refractivity contribution < 1.29 is 5.11 Å². The highest BCUT2D eigenvalue weighted by Crippen LogP contribution is 2.60. The Morgan fingerprint density at radius 3 is 1.15 bits per heavy atom. The van der Waals surface area contributed by atoms with Crippen LogP contribution >= 0.6 is 46.7 Å². The molecule has 16 rings (SSSR count). The van der Waals surface area contributed by atoms with E-state index in [0.717, 1.165) is 37.2 Å². The first kappa shape index (κ1) is 56.3. The molecular formula is C80H62Cl2N2OS2. The lowest BCUT2D eigenvalue weighted by atomic mass is 9.63. The molecule has 0 fully saturated rings. The molecule has 0 spiro atoms. The first-order valence-corrected chi connectivity index (χ1v) is 31.9. The number of hydrogen-bond acceptors (Lipinski definition) is 5. The summed E-state index contributed by atoms with van der Waals surface area (Å²) in [7, 11) is 0. The Kier molecular flexibility index (Phi) is 14.7. The van der Waals surface area contributed by atoms with Crippen molar-refractivity contribution in [1.82, 2.24) is 0 Å². The summed E-state index contributed by atoms with van der Waals surface area (Å²) in [5.41, 5.74) is 18.4. The number of rotatable bonds is 5. The van der Waals surface area contributed by atoms with Gasteiger partial charge < -0.3 is 14.9 Å². The molecule has 0 saturated carbocycles. The van der Waals surface area contributed by atoms with Gasteiger partial charge in [0, 0.05) is 63.0 Å². The lowest BCUT2D eigenvalue weighted by Gasteiger charge is -2.45. The van der Waals surface area contributed by atoms with Crippen molar-refractivity contribution in [2.24, 2.45) is 0 Å². The lowest BCUT2D eigenvalue weighted by Crippen LogP contribution is -2.36. The maximum Gasteiger partial charge on any atom is 0.142 e. The normalized spacial score (nSPS) is 17.5. The molecule has 0 radical (unpaired) electrons. The highest BCUT2D eigenvalue weighted by Gasteiger charge is 2.47. The van der Waals surface area contributed by atoms with Gasteiger partial charge in [0.15, 0.2) is 0 Å². The van der Waals surface area contributed by atoms with Gasteiger partial charge >= 0.3 is 0 Å². The maximum absolute atomic E-state index is 11.7. The predicted molar refractivity (Wildman–Crippen MR) is 365 cm³/mol. The van der Waals surface area contributed by atoms with Gasteiger partial charge in [-0.2, -0.15) is 0 Å². The third-order valence-electron chi connectivity index (χ3n) is 17.9. The van der Waals surface area contributed by atoms with Crippen LogP contribution in [0.3, 0.4) is 0 Å². The number of hydrogen-bond donors (Lipinski definition) is 1. The Morgan fingerprint density at radius 2 is 0.644 bits per heavy atom. The van der Waals surface area contributed by atoms with Crippen LogP contribution in [0.5, 0.6) is 0 Å². The van der Waals surface area contributed by atoms with Crippen LogP contribution in [-0.4, -0.2) is 5.11 Å². The van der Waals surface area contributed by atoms with Crippen molar-refractivity contribution >= 4 is 80.8 Å². The predicted octanol–water partition coefficient (Wildman–Crippen LogP) is 22.2. The molecule has 7 heteroatoms. The van der Waals surface area contributed by atoms with E-state index >= 15 is 0 Å². The third-order valence-corrected chi connectivity index (χ3v) is 20.7. The zero-order chi connectivity index (χ0) is 59.5. The maximum atomic E-state index is 11.7. The fourth-order valence-electron chi connectivity index (χ4n) is 13.8. The summed E-state index contributed by atoms with van der Waals surface area (Å²) in [5.74, 6) is 0. The monoisotopic (exact) mass is 1200 g/mol. The van der Waals surface area contributed by atoms with E-state index in [0.29, 0.717) is 5.02 Å². The summed E-state index contributed by atoms with van der Waals surface area (Å²) in [6, 6.07) is 104. The van der Waals surface area contributed by atoms with E-state index < -0.39 is 11.0 Å². The summed E-state index contributed by atoms with van der Waals surface area (Å²) in [4.78, 5) is 9.41. The minimum absolute atomic E-state index is 0.0124. The van der Waals surface area contributed by atoms with Crippen molar-refractivity contribution in [2.75, 3.05) is 9.80 Å². The number of halogens is 2. The molecule has 12 aromatic carbocycles. The Balaban J connectivity index is 0.000000127. The Labute approximate surface area is 529 Å². The molecule has 2 atom stereocenters. The highest BCUT2D eigenvalue weighted by molar-refractivity contribution is 7.99. The molecule has 3 nitrogen and oxygen atoms in total. The number of nitrogens with zero attached hydrogens (tertiary/aromatic N) is 2. The SMILES string of the molecule is CC1(C)c2ccccc2N(c2ccccc2)c2ccc(C3(c4ccccc4)c4ccccc4Sc4ccc(Cl)cc43)cc21.CC1(C)c2ccccc2N(c2ccccc2)c2ccccc21.OC1(c2ccccc2)c2ccccc2Sc2ccc(Cl)cc21. The van der Waals surface area contributed by atoms with Gasteiger partial charge in [0.05, 0.1) is 28.2 Å². The fraction of sp³-hybridized carbons (Fsp3) is 0.100. The van der Waals surface area contributed by atoms with Crippen LogP contribution in [0.4, 0.5) is 34.1 Å². The van der Waals surface area contributed by atoms with Gasteiger partial charge in [-0.25, -0.2) is 0 Å². The quantitative estimate of drug-likeness (QED) is 0.185. The number of fused-ring (bicyclic) bond motifs is 8.